The maximum atomic E-state index is 12.4. The fraction of sp³-hybridized carbons (Fsp3) is 0.500. The smallest absolute Gasteiger partial charge is 0.236 e. The zero-order chi connectivity index (χ0) is 17.7. The van der Waals surface area contributed by atoms with Gasteiger partial charge in [-0.15, -0.1) is 12.4 Å². The number of benzene rings is 1. The number of hydrogen-bond acceptors (Lipinski definition) is 3. The van der Waals surface area contributed by atoms with Crippen molar-refractivity contribution in [2.24, 2.45) is 5.41 Å². The lowest BCUT2D eigenvalue weighted by Crippen LogP contribution is -2.46. The highest BCUT2D eigenvalue weighted by Crippen LogP contribution is 2.40. The van der Waals surface area contributed by atoms with Gasteiger partial charge in [0.15, 0.2) is 0 Å². The Morgan fingerprint density at radius 3 is 2.58 bits per heavy atom. The summed E-state index contributed by atoms with van der Waals surface area (Å²) in [6, 6.07) is 10.1. The minimum absolute atomic E-state index is 0. The number of amides is 2. The molecule has 5 nitrogen and oxygen atoms in total. The van der Waals surface area contributed by atoms with E-state index in [0.717, 1.165) is 38.0 Å². The zero-order valence-corrected chi connectivity index (χ0v) is 16.1. The third kappa shape index (κ3) is 4.86. The van der Waals surface area contributed by atoms with Gasteiger partial charge in [-0.2, -0.15) is 0 Å². The number of likely N-dealkylation sites (N-methyl/N-ethyl adjacent to an activating group) is 1. The second-order valence-corrected chi connectivity index (χ2v) is 7.18. The van der Waals surface area contributed by atoms with E-state index < -0.39 is 0 Å². The highest BCUT2D eigenvalue weighted by atomic mass is 35.5. The van der Waals surface area contributed by atoms with Crippen LogP contribution in [-0.2, 0) is 9.59 Å². The largest absolute Gasteiger partial charge is 0.342 e. The molecule has 0 bridgehead atoms. The number of likely N-dealkylation sites (tertiary alicyclic amines) is 2. The summed E-state index contributed by atoms with van der Waals surface area (Å²) in [5.41, 5.74) is 1.22. The molecule has 2 aliphatic heterocycles. The average molecular weight is 378 g/mol. The molecule has 2 aliphatic rings. The molecule has 1 spiro atoms. The first-order chi connectivity index (χ1) is 12.1. The monoisotopic (exact) mass is 377 g/mol. The Bertz CT molecular complexity index is 640. The van der Waals surface area contributed by atoms with Gasteiger partial charge in [-0.05, 0) is 25.5 Å². The predicted octanol–water partition coefficient (Wildman–Crippen LogP) is 2.18. The maximum absolute atomic E-state index is 12.4. The minimum atomic E-state index is 0. The van der Waals surface area contributed by atoms with E-state index in [-0.39, 0.29) is 29.6 Å². The molecule has 0 aromatic heterocycles. The second-order valence-electron chi connectivity index (χ2n) is 7.18. The van der Waals surface area contributed by atoms with Crippen molar-refractivity contribution in [1.29, 1.82) is 0 Å². The van der Waals surface area contributed by atoms with E-state index in [1.807, 2.05) is 28.0 Å². The zero-order valence-electron chi connectivity index (χ0n) is 15.3. The SMILES string of the molecule is CNCC(=O)N1CCC2(CC1)CC(=O)N(C/C=C/c1ccccc1)C2.Cl. The van der Waals surface area contributed by atoms with E-state index in [1.165, 1.54) is 0 Å². The molecule has 0 unspecified atom stereocenters. The molecule has 0 saturated carbocycles. The highest BCUT2D eigenvalue weighted by Gasteiger charge is 2.44. The van der Waals surface area contributed by atoms with Gasteiger partial charge in [0.25, 0.3) is 0 Å². The van der Waals surface area contributed by atoms with Crippen LogP contribution in [0.5, 0.6) is 0 Å². The quantitative estimate of drug-likeness (QED) is 0.855. The van der Waals surface area contributed by atoms with Crippen molar-refractivity contribution in [2.75, 3.05) is 39.8 Å². The Kier molecular flexibility index (Phi) is 7.23. The van der Waals surface area contributed by atoms with Crippen LogP contribution < -0.4 is 5.32 Å². The van der Waals surface area contributed by atoms with E-state index in [2.05, 4.69) is 29.6 Å². The first kappa shape index (κ1) is 20.5. The molecule has 1 aromatic rings. The fourth-order valence-electron chi connectivity index (χ4n) is 3.86. The summed E-state index contributed by atoms with van der Waals surface area (Å²) in [6.07, 6.45) is 6.61. The second kappa shape index (κ2) is 9.19. The standard InChI is InChI=1S/C20H27N3O2.ClH/c1-21-15-19(25)22-12-9-20(10-13-22)14-18(24)23(16-20)11-5-8-17-6-3-2-4-7-17;/h2-8,21H,9-16H2,1H3;1H/b8-5+;. The number of rotatable bonds is 5. The van der Waals surface area contributed by atoms with E-state index in [4.69, 9.17) is 0 Å². The molecule has 1 aromatic carbocycles. The van der Waals surface area contributed by atoms with Crippen molar-refractivity contribution in [3.05, 3.63) is 42.0 Å². The lowest BCUT2D eigenvalue weighted by molar-refractivity contribution is -0.132. The number of halogens is 1. The number of carbonyl (C=O) groups is 2. The molecule has 0 aliphatic carbocycles. The first-order valence-corrected chi connectivity index (χ1v) is 9.04. The predicted molar refractivity (Wildman–Crippen MR) is 106 cm³/mol. The van der Waals surface area contributed by atoms with Gasteiger partial charge >= 0.3 is 0 Å². The van der Waals surface area contributed by atoms with Crippen LogP contribution in [0.2, 0.25) is 0 Å². The summed E-state index contributed by atoms with van der Waals surface area (Å²) in [5.74, 6) is 0.400. The number of nitrogens with zero attached hydrogens (tertiary/aromatic N) is 2. The molecule has 3 rings (SSSR count). The molecule has 6 heteroatoms. The number of carbonyl (C=O) groups excluding carboxylic acids is 2. The molecule has 0 atom stereocenters. The van der Waals surface area contributed by atoms with Crippen LogP contribution in [-0.4, -0.2) is 61.4 Å². The summed E-state index contributed by atoms with van der Waals surface area (Å²) in [4.78, 5) is 28.3. The van der Waals surface area contributed by atoms with E-state index in [0.29, 0.717) is 19.5 Å². The van der Waals surface area contributed by atoms with Gasteiger partial charge in [0.1, 0.15) is 0 Å². The molecule has 2 heterocycles. The number of nitrogens with one attached hydrogen (secondary N) is 1. The van der Waals surface area contributed by atoms with Crippen molar-refractivity contribution in [2.45, 2.75) is 19.3 Å². The molecule has 26 heavy (non-hydrogen) atoms. The van der Waals surface area contributed by atoms with Gasteiger partial charge in [0, 0.05) is 38.0 Å². The number of hydrogen-bond donors (Lipinski definition) is 1. The van der Waals surface area contributed by atoms with Crippen LogP contribution in [0.15, 0.2) is 36.4 Å². The third-order valence-electron chi connectivity index (χ3n) is 5.35. The molecule has 2 amide bonds. The molecular formula is C20H28ClN3O2. The normalized spacial score (nSPS) is 19.2. The van der Waals surface area contributed by atoms with Crippen LogP contribution in [0.25, 0.3) is 6.08 Å². The Hall–Kier alpha value is -1.85. The van der Waals surface area contributed by atoms with Crippen molar-refractivity contribution in [3.63, 3.8) is 0 Å². The van der Waals surface area contributed by atoms with E-state index >= 15 is 0 Å². The summed E-state index contributed by atoms with van der Waals surface area (Å²) in [5, 5.41) is 2.92. The average Bonchev–Trinajstić information content (AvgIpc) is 2.92. The lowest BCUT2D eigenvalue weighted by Gasteiger charge is -2.38. The van der Waals surface area contributed by atoms with Crippen LogP contribution in [0, 0.1) is 5.41 Å². The topological polar surface area (TPSA) is 52.7 Å². The van der Waals surface area contributed by atoms with Crippen LogP contribution in [0.4, 0.5) is 0 Å². The summed E-state index contributed by atoms with van der Waals surface area (Å²) < 4.78 is 0. The molecule has 2 fully saturated rings. The van der Waals surface area contributed by atoms with Crippen molar-refractivity contribution in [1.82, 2.24) is 15.1 Å². The summed E-state index contributed by atoms with van der Waals surface area (Å²) >= 11 is 0. The summed E-state index contributed by atoms with van der Waals surface area (Å²) in [6.45, 7) is 3.40. The van der Waals surface area contributed by atoms with Gasteiger partial charge in [0.2, 0.25) is 11.8 Å². The van der Waals surface area contributed by atoms with Crippen molar-refractivity contribution >= 4 is 30.3 Å². The summed E-state index contributed by atoms with van der Waals surface area (Å²) in [7, 11) is 1.79. The molecular weight excluding hydrogens is 350 g/mol. The Balaban J connectivity index is 0.00000243. The van der Waals surface area contributed by atoms with Crippen molar-refractivity contribution in [3.8, 4) is 0 Å². The molecule has 0 radical (unpaired) electrons. The lowest BCUT2D eigenvalue weighted by atomic mass is 9.77. The third-order valence-corrected chi connectivity index (χ3v) is 5.35. The van der Waals surface area contributed by atoms with Gasteiger partial charge in [-0.3, -0.25) is 9.59 Å². The maximum Gasteiger partial charge on any atom is 0.236 e. The van der Waals surface area contributed by atoms with Crippen molar-refractivity contribution < 1.29 is 9.59 Å². The van der Waals surface area contributed by atoms with Gasteiger partial charge in [-0.1, -0.05) is 42.5 Å². The Morgan fingerprint density at radius 1 is 1.23 bits per heavy atom. The molecule has 1 N–H and O–H groups in total. The Morgan fingerprint density at radius 2 is 1.92 bits per heavy atom. The minimum Gasteiger partial charge on any atom is -0.342 e. The molecule has 2 saturated heterocycles. The van der Waals surface area contributed by atoms with Crippen LogP contribution >= 0.6 is 12.4 Å². The van der Waals surface area contributed by atoms with E-state index in [1.54, 1.807) is 7.05 Å². The highest BCUT2D eigenvalue weighted by molar-refractivity contribution is 5.85. The van der Waals surface area contributed by atoms with Gasteiger partial charge in [0.05, 0.1) is 6.54 Å². The van der Waals surface area contributed by atoms with Gasteiger partial charge in [-0.25, -0.2) is 0 Å². The van der Waals surface area contributed by atoms with E-state index in [9.17, 15) is 9.59 Å². The molecule has 142 valence electrons. The fourth-order valence-corrected chi connectivity index (χ4v) is 3.86. The van der Waals surface area contributed by atoms with Crippen LogP contribution in [0.1, 0.15) is 24.8 Å². The van der Waals surface area contributed by atoms with Gasteiger partial charge < -0.3 is 15.1 Å². The Labute approximate surface area is 161 Å². The number of piperidine rings is 1. The van der Waals surface area contributed by atoms with Crippen LogP contribution in [0.3, 0.4) is 0 Å². The first-order valence-electron chi connectivity index (χ1n) is 9.04.